The van der Waals surface area contributed by atoms with E-state index in [1.54, 1.807) is 0 Å². The Bertz CT molecular complexity index is 482. The molecule has 2 N–H and O–H groups in total. The Kier molecular flexibility index (Phi) is 3.64. The topological polar surface area (TPSA) is 78.6 Å². The van der Waals surface area contributed by atoms with Crippen LogP contribution in [-0.2, 0) is 9.84 Å². The van der Waals surface area contributed by atoms with Crippen LogP contribution in [0.4, 0.5) is 5.69 Å². The number of nitrogen functional groups attached to an aromatic ring is 1. The van der Waals surface area contributed by atoms with Crippen LogP contribution in [0.5, 0.6) is 11.5 Å². The van der Waals surface area contributed by atoms with Gasteiger partial charge in [0.05, 0.1) is 25.7 Å². The molecule has 0 aliphatic carbocycles. The van der Waals surface area contributed by atoms with E-state index in [4.69, 9.17) is 15.2 Å². The maximum atomic E-state index is 11.7. The van der Waals surface area contributed by atoms with Crippen molar-refractivity contribution < 1.29 is 17.9 Å². The SMILES string of the molecule is [CH2]CS(=O)(=O)c1cc(OC)c(N)cc1OC. The van der Waals surface area contributed by atoms with Gasteiger partial charge in [-0.2, -0.15) is 0 Å². The third kappa shape index (κ3) is 2.21. The highest BCUT2D eigenvalue weighted by molar-refractivity contribution is 7.91. The molecule has 0 aliphatic rings. The van der Waals surface area contributed by atoms with Crippen LogP contribution in [0, 0.1) is 6.92 Å². The highest BCUT2D eigenvalue weighted by atomic mass is 32.2. The molecule has 0 bridgehead atoms. The largest absolute Gasteiger partial charge is 0.495 e. The highest BCUT2D eigenvalue weighted by Gasteiger charge is 2.20. The zero-order valence-corrected chi connectivity index (χ0v) is 10.0. The average Bonchev–Trinajstić information content (AvgIpc) is 2.28. The summed E-state index contributed by atoms with van der Waals surface area (Å²) < 4.78 is 33.4. The van der Waals surface area contributed by atoms with Crippen LogP contribution in [0.3, 0.4) is 0 Å². The van der Waals surface area contributed by atoms with Gasteiger partial charge in [0.2, 0.25) is 0 Å². The number of ether oxygens (including phenoxy) is 2. The van der Waals surface area contributed by atoms with Gasteiger partial charge >= 0.3 is 0 Å². The molecule has 0 heterocycles. The zero-order chi connectivity index (χ0) is 12.3. The van der Waals surface area contributed by atoms with Crippen molar-refractivity contribution >= 4 is 15.5 Å². The van der Waals surface area contributed by atoms with E-state index in [2.05, 4.69) is 6.92 Å². The number of anilines is 1. The fourth-order valence-corrected chi connectivity index (χ4v) is 2.20. The smallest absolute Gasteiger partial charge is 0.182 e. The molecule has 89 valence electrons. The van der Waals surface area contributed by atoms with Crippen molar-refractivity contribution in [2.75, 3.05) is 25.7 Å². The Hall–Kier alpha value is -1.43. The lowest BCUT2D eigenvalue weighted by atomic mass is 10.3. The van der Waals surface area contributed by atoms with Gasteiger partial charge < -0.3 is 15.2 Å². The van der Waals surface area contributed by atoms with Crippen LogP contribution < -0.4 is 15.2 Å². The van der Waals surface area contributed by atoms with Crippen molar-refractivity contribution in [2.45, 2.75) is 4.90 Å². The fraction of sp³-hybridized carbons (Fsp3) is 0.300. The van der Waals surface area contributed by atoms with E-state index in [0.717, 1.165) is 0 Å². The van der Waals surface area contributed by atoms with E-state index in [1.807, 2.05) is 0 Å². The van der Waals surface area contributed by atoms with Crippen LogP contribution in [-0.4, -0.2) is 28.4 Å². The first-order valence-corrected chi connectivity index (χ1v) is 6.15. The van der Waals surface area contributed by atoms with Gasteiger partial charge in [-0.1, -0.05) is 0 Å². The molecule has 16 heavy (non-hydrogen) atoms. The van der Waals surface area contributed by atoms with Crippen LogP contribution >= 0.6 is 0 Å². The Balaban J connectivity index is 3.48. The zero-order valence-electron chi connectivity index (χ0n) is 9.19. The Labute approximate surface area is 95.1 Å². The predicted molar refractivity (Wildman–Crippen MR) is 61.4 cm³/mol. The van der Waals surface area contributed by atoms with Gasteiger partial charge in [0, 0.05) is 12.1 Å². The lowest BCUT2D eigenvalue weighted by molar-refractivity contribution is 0.394. The molecule has 5 nitrogen and oxygen atoms in total. The third-order valence-electron chi connectivity index (χ3n) is 2.12. The molecule has 0 saturated heterocycles. The van der Waals surface area contributed by atoms with Gasteiger partial charge in [0.1, 0.15) is 16.4 Å². The van der Waals surface area contributed by atoms with Crippen LogP contribution in [0.25, 0.3) is 0 Å². The summed E-state index contributed by atoms with van der Waals surface area (Å²) in [5, 5.41) is 0. The van der Waals surface area contributed by atoms with E-state index in [-0.39, 0.29) is 16.4 Å². The van der Waals surface area contributed by atoms with E-state index >= 15 is 0 Å². The number of hydrogen-bond acceptors (Lipinski definition) is 5. The average molecular weight is 244 g/mol. The summed E-state index contributed by atoms with van der Waals surface area (Å²) in [4.78, 5) is 0.0380. The molecule has 0 atom stereocenters. The number of sulfone groups is 1. The van der Waals surface area contributed by atoms with Crippen LogP contribution in [0.2, 0.25) is 0 Å². The van der Waals surface area contributed by atoms with Crippen molar-refractivity contribution in [3.63, 3.8) is 0 Å². The van der Waals surface area contributed by atoms with Crippen molar-refractivity contribution in [3.8, 4) is 11.5 Å². The quantitative estimate of drug-likeness (QED) is 0.796. The van der Waals surface area contributed by atoms with Gasteiger partial charge in [-0.3, -0.25) is 0 Å². The second-order valence-electron chi connectivity index (χ2n) is 3.06. The maximum absolute atomic E-state index is 11.7. The molecule has 0 amide bonds. The molecule has 0 spiro atoms. The van der Waals surface area contributed by atoms with Crippen LogP contribution in [0.15, 0.2) is 17.0 Å². The molecule has 1 aromatic carbocycles. The van der Waals surface area contributed by atoms with E-state index in [9.17, 15) is 8.42 Å². The summed E-state index contributed by atoms with van der Waals surface area (Å²) in [5.41, 5.74) is 5.97. The second kappa shape index (κ2) is 4.61. The Morgan fingerprint density at radius 3 is 2.25 bits per heavy atom. The minimum atomic E-state index is -3.46. The van der Waals surface area contributed by atoms with Crippen molar-refractivity contribution in [2.24, 2.45) is 0 Å². The molecule has 6 heteroatoms. The molecular weight excluding hydrogens is 230 g/mol. The van der Waals surface area contributed by atoms with E-state index in [1.165, 1.54) is 26.4 Å². The molecule has 1 aromatic rings. The standard InChI is InChI=1S/C10H14NO4S/c1-4-16(12,13)10-6-8(14-2)7(11)5-9(10)15-3/h5-6H,1,4,11H2,2-3H3. The van der Waals surface area contributed by atoms with Gasteiger partial charge in [0.25, 0.3) is 0 Å². The minimum absolute atomic E-state index is 0.0380. The molecular formula is C10H14NO4S. The highest BCUT2D eigenvalue weighted by Crippen LogP contribution is 2.34. The first kappa shape index (κ1) is 12.6. The summed E-state index contributed by atoms with van der Waals surface area (Å²) in [6.45, 7) is 3.37. The first-order valence-electron chi connectivity index (χ1n) is 4.49. The van der Waals surface area contributed by atoms with Crippen molar-refractivity contribution in [1.82, 2.24) is 0 Å². The Morgan fingerprint density at radius 1 is 1.25 bits per heavy atom. The minimum Gasteiger partial charge on any atom is -0.495 e. The fourth-order valence-electron chi connectivity index (χ4n) is 1.25. The summed E-state index contributed by atoms with van der Waals surface area (Å²) >= 11 is 0. The first-order chi connectivity index (χ1) is 7.46. The third-order valence-corrected chi connectivity index (χ3v) is 3.65. The van der Waals surface area contributed by atoms with E-state index < -0.39 is 9.84 Å². The molecule has 1 rings (SSSR count). The lowest BCUT2D eigenvalue weighted by Crippen LogP contribution is -2.07. The van der Waals surface area contributed by atoms with Crippen molar-refractivity contribution in [3.05, 3.63) is 19.1 Å². The molecule has 0 aliphatic heterocycles. The maximum Gasteiger partial charge on any atom is 0.182 e. The summed E-state index contributed by atoms with van der Waals surface area (Å²) in [6, 6.07) is 2.76. The molecule has 0 saturated carbocycles. The molecule has 1 radical (unpaired) electrons. The number of benzene rings is 1. The van der Waals surface area contributed by atoms with Gasteiger partial charge in [-0.15, -0.1) is 0 Å². The Morgan fingerprint density at radius 2 is 1.81 bits per heavy atom. The molecule has 0 aromatic heterocycles. The van der Waals surface area contributed by atoms with Gasteiger partial charge in [-0.05, 0) is 6.92 Å². The number of hydrogen-bond donors (Lipinski definition) is 1. The normalized spacial score (nSPS) is 11.2. The van der Waals surface area contributed by atoms with E-state index in [0.29, 0.717) is 11.4 Å². The van der Waals surface area contributed by atoms with Gasteiger partial charge in [-0.25, -0.2) is 8.42 Å². The summed E-state index contributed by atoms with van der Waals surface area (Å²) in [6.07, 6.45) is 0. The lowest BCUT2D eigenvalue weighted by Gasteiger charge is -2.12. The summed E-state index contributed by atoms with van der Waals surface area (Å²) in [5.74, 6) is 0.242. The van der Waals surface area contributed by atoms with Crippen molar-refractivity contribution in [1.29, 1.82) is 0 Å². The van der Waals surface area contributed by atoms with Crippen LogP contribution in [0.1, 0.15) is 0 Å². The number of nitrogens with two attached hydrogens (primary N) is 1. The number of methoxy groups -OCH3 is 2. The number of rotatable bonds is 4. The predicted octanol–water partition coefficient (Wildman–Crippen LogP) is 0.894. The second-order valence-corrected chi connectivity index (χ2v) is 5.14. The summed E-state index contributed by atoms with van der Waals surface area (Å²) in [7, 11) is -0.668. The van der Waals surface area contributed by atoms with Gasteiger partial charge in [0.15, 0.2) is 9.84 Å². The monoisotopic (exact) mass is 244 g/mol. The molecule has 0 unspecified atom stereocenters. The molecule has 0 fully saturated rings.